The molecule has 1 saturated heterocycles. The molecule has 1 aliphatic rings. The molecule has 1 N–H and O–H groups in total. The van der Waals surface area contributed by atoms with Gasteiger partial charge in [-0.2, -0.15) is 0 Å². The second-order valence-electron chi connectivity index (χ2n) is 6.63. The number of Topliss-reactive ketones (excluding diaryl/α,β-unsaturated/α-hetero) is 1. The van der Waals surface area contributed by atoms with E-state index in [2.05, 4.69) is 15.9 Å². The van der Waals surface area contributed by atoms with Gasteiger partial charge in [-0.15, -0.1) is 0 Å². The largest absolute Gasteiger partial charge is 0.507 e. The molecule has 0 bridgehead atoms. The maximum atomic E-state index is 12.8. The van der Waals surface area contributed by atoms with Gasteiger partial charge in [0.05, 0.1) is 18.7 Å². The van der Waals surface area contributed by atoms with Crippen molar-refractivity contribution in [1.82, 2.24) is 4.90 Å². The van der Waals surface area contributed by atoms with Crippen molar-refractivity contribution < 1.29 is 19.4 Å². The first-order chi connectivity index (χ1) is 13.5. The van der Waals surface area contributed by atoms with Crippen molar-refractivity contribution in [3.05, 3.63) is 69.7 Å². The van der Waals surface area contributed by atoms with Gasteiger partial charge in [0.2, 0.25) is 0 Å². The van der Waals surface area contributed by atoms with Crippen LogP contribution in [0.2, 0.25) is 0 Å². The highest BCUT2D eigenvalue weighted by molar-refractivity contribution is 9.10. The number of amides is 1. The van der Waals surface area contributed by atoms with E-state index < -0.39 is 17.7 Å². The molecular formula is C22H22BrNO4. The molecule has 146 valence electrons. The third kappa shape index (κ3) is 3.83. The van der Waals surface area contributed by atoms with Gasteiger partial charge in [-0.25, -0.2) is 0 Å². The first-order valence-electron chi connectivity index (χ1n) is 9.16. The number of hydrogen-bond acceptors (Lipinski definition) is 4. The number of carbonyl (C=O) groups is 2. The van der Waals surface area contributed by atoms with Gasteiger partial charge in [0, 0.05) is 16.6 Å². The van der Waals surface area contributed by atoms with Crippen molar-refractivity contribution in [2.24, 2.45) is 0 Å². The molecule has 0 aromatic heterocycles. The molecule has 0 aliphatic carbocycles. The number of aliphatic hydroxyl groups is 1. The monoisotopic (exact) mass is 443 g/mol. The Morgan fingerprint density at radius 1 is 1.11 bits per heavy atom. The quantitative estimate of drug-likeness (QED) is 0.399. The Morgan fingerprint density at radius 3 is 2.32 bits per heavy atom. The normalized spacial score (nSPS) is 18.5. The van der Waals surface area contributed by atoms with Crippen LogP contribution in [0.1, 0.15) is 36.9 Å². The molecular weight excluding hydrogens is 422 g/mol. The zero-order valence-electron chi connectivity index (χ0n) is 15.8. The first-order valence-corrected chi connectivity index (χ1v) is 9.95. The number of nitrogens with zero attached hydrogens (tertiary/aromatic N) is 1. The fourth-order valence-electron chi connectivity index (χ4n) is 3.34. The van der Waals surface area contributed by atoms with Crippen molar-refractivity contribution in [3.63, 3.8) is 0 Å². The third-order valence-corrected chi connectivity index (χ3v) is 5.37. The number of hydrogen-bond donors (Lipinski definition) is 1. The minimum Gasteiger partial charge on any atom is -0.507 e. The van der Waals surface area contributed by atoms with E-state index in [-0.39, 0.29) is 11.3 Å². The van der Waals surface area contributed by atoms with Crippen LogP contribution in [-0.4, -0.2) is 35.4 Å². The average Bonchev–Trinajstić information content (AvgIpc) is 2.97. The Balaban J connectivity index is 2.12. The van der Waals surface area contributed by atoms with E-state index in [0.717, 1.165) is 22.9 Å². The second-order valence-corrected chi connectivity index (χ2v) is 7.54. The van der Waals surface area contributed by atoms with E-state index in [0.29, 0.717) is 17.9 Å². The lowest BCUT2D eigenvalue weighted by Crippen LogP contribution is -2.30. The highest BCUT2D eigenvalue weighted by Gasteiger charge is 2.45. The molecule has 0 saturated carbocycles. The number of unbranched alkanes of at least 4 members (excludes halogenated alkanes) is 1. The van der Waals surface area contributed by atoms with E-state index in [1.165, 1.54) is 0 Å². The second kappa shape index (κ2) is 8.61. The number of benzene rings is 2. The smallest absolute Gasteiger partial charge is 0.295 e. The van der Waals surface area contributed by atoms with Crippen molar-refractivity contribution >= 4 is 33.4 Å². The topological polar surface area (TPSA) is 66.8 Å². The molecule has 2 aromatic carbocycles. The van der Waals surface area contributed by atoms with Crippen LogP contribution in [0, 0.1) is 0 Å². The van der Waals surface area contributed by atoms with Crippen LogP contribution in [0.5, 0.6) is 5.75 Å². The van der Waals surface area contributed by atoms with Crippen molar-refractivity contribution in [2.75, 3.05) is 13.7 Å². The summed E-state index contributed by atoms with van der Waals surface area (Å²) in [6.45, 7) is 2.49. The number of halogens is 1. The maximum absolute atomic E-state index is 12.8. The molecule has 1 fully saturated rings. The molecule has 6 heteroatoms. The number of ether oxygens (including phenoxy) is 1. The van der Waals surface area contributed by atoms with Crippen LogP contribution >= 0.6 is 15.9 Å². The van der Waals surface area contributed by atoms with E-state index in [1.807, 2.05) is 31.2 Å². The molecule has 0 radical (unpaired) electrons. The van der Waals surface area contributed by atoms with E-state index in [9.17, 15) is 14.7 Å². The SMILES string of the molecule is CCCCN1C(=O)C(=O)/C(=C(/O)c2ccc(OC)cc2)[C@H]1c1ccc(Br)cc1. The molecule has 5 nitrogen and oxygen atoms in total. The summed E-state index contributed by atoms with van der Waals surface area (Å²) in [5, 5.41) is 10.9. The number of aliphatic hydroxyl groups excluding tert-OH is 1. The lowest BCUT2D eigenvalue weighted by Gasteiger charge is -2.25. The van der Waals surface area contributed by atoms with Gasteiger partial charge >= 0.3 is 0 Å². The van der Waals surface area contributed by atoms with Gasteiger partial charge in [0.1, 0.15) is 11.5 Å². The molecule has 1 aliphatic heterocycles. The minimum absolute atomic E-state index is 0.119. The summed E-state index contributed by atoms with van der Waals surface area (Å²) in [7, 11) is 1.56. The van der Waals surface area contributed by atoms with E-state index in [1.54, 1.807) is 36.3 Å². The summed E-state index contributed by atoms with van der Waals surface area (Å²) in [5.41, 5.74) is 1.37. The highest BCUT2D eigenvalue weighted by atomic mass is 79.9. The Labute approximate surface area is 172 Å². The van der Waals surface area contributed by atoms with Crippen LogP contribution in [0.15, 0.2) is 58.6 Å². The van der Waals surface area contributed by atoms with Crippen molar-refractivity contribution in [1.29, 1.82) is 0 Å². The number of likely N-dealkylation sites (tertiary alicyclic amines) is 1. The fraction of sp³-hybridized carbons (Fsp3) is 0.273. The molecule has 0 unspecified atom stereocenters. The van der Waals surface area contributed by atoms with Crippen LogP contribution in [0.3, 0.4) is 0 Å². The van der Waals surface area contributed by atoms with Crippen molar-refractivity contribution in [3.8, 4) is 5.75 Å². The summed E-state index contributed by atoms with van der Waals surface area (Å²) in [5.74, 6) is -0.758. The number of rotatable bonds is 6. The third-order valence-electron chi connectivity index (χ3n) is 4.84. The summed E-state index contributed by atoms with van der Waals surface area (Å²) in [4.78, 5) is 27.1. The molecule has 2 aromatic rings. The number of ketones is 1. The zero-order chi connectivity index (χ0) is 20.3. The van der Waals surface area contributed by atoms with E-state index >= 15 is 0 Å². The Bertz CT molecular complexity index is 903. The Kier molecular flexibility index (Phi) is 6.19. The molecule has 3 rings (SSSR count). The van der Waals surface area contributed by atoms with Gasteiger partial charge in [0.15, 0.2) is 0 Å². The van der Waals surface area contributed by atoms with E-state index in [4.69, 9.17) is 4.74 Å². The zero-order valence-corrected chi connectivity index (χ0v) is 17.4. The minimum atomic E-state index is -0.655. The predicted octanol–water partition coefficient (Wildman–Crippen LogP) is 4.68. The van der Waals surface area contributed by atoms with Gasteiger partial charge in [0.25, 0.3) is 11.7 Å². The van der Waals surface area contributed by atoms with Gasteiger partial charge < -0.3 is 14.7 Å². The summed E-state index contributed by atoms with van der Waals surface area (Å²) in [6.07, 6.45) is 1.68. The maximum Gasteiger partial charge on any atom is 0.295 e. The molecule has 28 heavy (non-hydrogen) atoms. The highest BCUT2D eigenvalue weighted by Crippen LogP contribution is 2.40. The summed E-state index contributed by atoms with van der Waals surface area (Å²) >= 11 is 3.41. The molecule has 1 amide bonds. The first kappa shape index (κ1) is 20.1. The molecule has 1 heterocycles. The van der Waals surface area contributed by atoms with Crippen LogP contribution in [0.25, 0.3) is 5.76 Å². The van der Waals surface area contributed by atoms with Crippen LogP contribution in [-0.2, 0) is 9.59 Å². The van der Waals surface area contributed by atoms with Gasteiger partial charge in [-0.1, -0.05) is 41.4 Å². The fourth-order valence-corrected chi connectivity index (χ4v) is 3.60. The molecule has 0 spiro atoms. The average molecular weight is 444 g/mol. The standard InChI is InChI=1S/C22H22BrNO4/c1-3-4-13-24-19(14-5-9-16(23)10-6-14)18(21(26)22(24)27)20(25)15-7-11-17(28-2)12-8-15/h5-12,19,25H,3-4,13H2,1-2H3/b20-18+/t19-/m1/s1. The number of methoxy groups -OCH3 is 1. The van der Waals surface area contributed by atoms with Gasteiger partial charge in [-0.05, 0) is 48.4 Å². The Hall–Kier alpha value is -2.60. The number of carbonyl (C=O) groups excluding carboxylic acids is 2. The lowest BCUT2D eigenvalue weighted by molar-refractivity contribution is -0.139. The lowest BCUT2D eigenvalue weighted by atomic mass is 9.95. The summed E-state index contributed by atoms with van der Waals surface area (Å²) < 4.78 is 6.04. The van der Waals surface area contributed by atoms with Crippen LogP contribution < -0.4 is 4.74 Å². The van der Waals surface area contributed by atoms with Crippen LogP contribution in [0.4, 0.5) is 0 Å². The summed E-state index contributed by atoms with van der Waals surface area (Å²) in [6, 6.07) is 13.6. The Morgan fingerprint density at radius 2 is 1.75 bits per heavy atom. The predicted molar refractivity (Wildman–Crippen MR) is 111 cm³/mol. The van der Waals surface area contributed by atoms with Gasteiger partial charge in [-0.3, -0.25) is 9.59 Å². The van der Waals surface area contributed by atoms with Crippen molar-refractivity contribution in [2.45, 2.75) is 25.8 Å². The molecule has 1 atom stereocenters.